The van der Waals surface area contributed by atoms with E-state index in [-0.39, 0.29) is 5.92 Å². The van der Waals surface area contributed by atoms with Crippen LogP contribution in [-0.2, 0) is 4.79 Å². The largest absolute Gasteiger partial charge is 0.357 e. The summed E-state index contributed by atoms with van der Waals surface area (Å²) in [6.45, 7) is 12.3. The monoisotopic (exact) mass is 344 g/mol. The molecule has 2 fully saturated rings. The number of hydrogen-bond acceptors (Lipinski definition) is 4. The Bertz CT molecular complexity index is 562. The molecule has 1 amide bonds. The Balaban J connectivity index is 1.51. The number of rotatable bonds is 5. The lowest BCUT2D eigenvalue weighted by Gasteiger charge is -2.34. The van der Waals surface area contributed by atoms with Crippen LogP contribution in [0.2, 0.25) is 0 Å². The molecule has 5 heteroatoms. The SMILES string of the molecule is CCN(CC)C1CCN(C(=O)C2CCN(c3ccc(C)cn3)CC2)C1. The highest BCUT2D eigenvalue weighted by atomic mass is 16.2. The van der Waals surface area contributed by atoms with Crippen molar-refractivity contribution in [2.24, 2.45) is 5.92 Å². The van der Waals surface area contributed by atoms with Gasteiger partial charge in [-0.05, 0) is 50.9 Å². The number of aryl methyl sites for hydroxylation is 1. The summed E-state index contributed by atoms with van der Waals surface area (Å²) in [5.41, 5.74) is 1.19. The molecule has 1 aromatic rings. The first-order valence-corrected chi connectivity index (χ1v) is 9.82. The van der Waals surface area contributed by atoms with E-state index in [1.807, 2.05) is 6.20 Å². The third-order valence-corrected chi connectivity index (χ3v) is 5.87. The molecular weight excluding hydrogens is 312 g/mol. The van der Waals surface area contributed by atoms with E-state index >= 15 is 0 Å². The fraction of sp³-hybridized carbons (Fsp3) is 0.700. The Kier molecular flexibility index (Phi) is 5.94. The summed E-state index contributed by atoms with van der Waals surface area (Å²) in [7, 11) is 0. The lowest BCUT2D eigenvalue weighted by molar-refractivity contribution is -0.135. The van der Waals surface area contributed by atoms with E-state index in [0.29, 0.717) is 11.9 Å². The number of amides is 1. The number of carbonyl (C=O) groups is 1. The Hall–Kier alpha value is -1.62. The van der Waals surface area contributed by atoms with Crippen molar-refractivity contribution in [1.82, 2.24) is 14.8 Å². The van der Waals surface area contributed by atoms with Gasteiger partial charge >= 0.3 is 0 Å². The van der Waals surface area contributed by atoms with Crippen LogP contribution in [0.25, 0.3) is 0 Å². The molecule has 25 heavy (non-hydrogen) atoms. The van der Waals surface area contributed by atoms with Crippen LogP contribution in [0.4, 0.5) is 5.82 Å². The molecule has 1 atom stereocenters. The average Bonchev–Trinajstić information content (AvgIpc) is 3.13. The molecule has 0 bridgehead atoms. The van der Waals surface area contributed by atoms with Crippen molar-refractivity contribution >= 4 is 11.7 Å². The minimum Gasteiger partial charge on any atom is -0.357 e. The summed E-state index contributed by atoms with van der Waals surface area (Å²) in [6, 6.07) is 4.75. The van der Waals surface area contributed by atoms with Crippen LogP contribution in [0.5, 0.6) is 0 Å². The predicted octanol–water partition coefficient (Wildman–Crippen LogP) is 2.55. The molecule has 1 unspecified atom stereocenters. The number of piperidine rings is 1. The zero-order valence-electron chi connectivity index (χ0n) is 15.9. The molecule has 0 spiro atoms. The molecule has 0 aromatic carbocycles. The van der Waals surface area contributed by atoms with Crippen LogP contribution < -0.4 is 4.90 Å². The third-order valence-electron chi connectivity index (χ3n) is 5.87. The van der Waals surface area contributed by atoms with Gasteiger partial charge in [0.05, 0.1) is 0 Å². The van der Waals surface area contributed by atoms with Crippen molar-refractivity contribution in [1.29, 1.82) is 0 Å². The Morgan fingerprint density at radius 2 is 1.88 bits per heavy atom. The zero-order valence-corrected chi connectivity index (χ0v) is 15.9. The minimum absolute atomic E-state index is 0.192. The van der Waals surface area contributed by atoms with Crippen LogP contribution in [0, 0.1) is 12.8 Å². The summed E-state index contributed by atoms with van der Waals surface area (Å²) in [5, 5.41) is 0. The summed E-state index contributed by atoms with van der Waals surface area (Å²) in [4.78, 5) is 24.3. The molecule has 2 aliphatic rings. The summed E-state index contributed by atoms with van der Waals surface area (Å²) in [6.07, 6.45) is 4.94. The zero-order chi connectivity index (χ0) is 17.8. The van der Waals surface area contributed by atoms with Gasteiger partial charge in [-0.2, -0.15) is 0 Å². The number of hydrogen-bond donors (Lipinski definition) is 0. The van der Waals surface area contributed by atoms with Gasteiger partial charge in [0.1, 0.15) is 5.82 Å². The Morgan fingerprint density at radius 3 is 2.48 bits per heavy atom. The van der Waals surface area contributed by atoms with Gasteiger partial charge in [0, 0.05) is 44.3 Å². The summed E-state index contributed by atoms with van der Waals surface area (Å²) in [5.74, 6) is 1.61. The van der Waals surface area contributed by atoms with E-state index in [0.717, 1.165) is 64.3 Å². The molecule has 3 rings (SSSR count). The summed E-state index contributed by atoms with van der Waals surface area (Å²) >= 11 is 0. The number of pyridine rings is 1. The van der Waals surface area contributed by atoms with Crippen LogP contribution in [0.1, 0.15) is 38.7 Å². The number of aromatic nitrogens is 1. The molecule has 0 N–H and O–H groups in total. The van der Waals surface area contributed by atoms with Crippen LogP contribution in [0.15, 0.2) is 18.3 Å². The second-order valence-electron chi connectivity index (χ2n) is 7.40. The molecule has 1 aromatic heterocycles. The van der Waals surface area contributed by atoms with Crippen molar-refractivity contribution in [2.45, 2.75) is 46.1 Å². The van der Waals surface area contributed by atoms with E-state index in [9.17, 15) is 4.79 Å². The van der Waals surface area contributed by atoms with Gasteiger partial charge in [-0.1, -0.05) is 19.9 Å². The normalized spacial score (nSPS) is 22.0. The highest BCUT2D eigenvalue weighted by Gasteiger charge is 2.34. The third kappa shape index (κ3) is 4.14. The first-order valence-electron chi connectivity index (χ1n) is 9.82. The molecule has 2 saturated heterocycles. The van der Waals surface area contributed by atoms with Crippen LogP contribution in [-0.4, -0.2) is 66.0 Å². The second-order valence-corrected chi connectivity index (χ2v) is 7.40. The van der Waals surface area contributed by atoms with Gasteiger partial charge in [-0.3, -0.25) is 9.69 Å². The number of anilines is 1. The number of likely N-dealkylation sites (N-methyl/N-ethyl adjacent to an activating group) is 1. The maximum Gasteiger partial charge on any atom is 0.225 e. The van der Waals surface area contributed by atoms with Crippen molar-refractivity contribution in [3.8, 4) is 0 Å². The van der Waals surface area contributed by atoms with E-state index in [1.165, 1.54) is 5.56 Å². The van der Waals surface area contributed by atoms with Gasteiger partial charge in [0.2, 0.25) is 5.91 Å². The van der Waals surface area contributed by atoms with E-state index in [1.54, 1.807) is 0 Å². The molecule has 2 aliphatic heterocycles. The summed E-state index contributed by atoms with van der Waals surface area (Å²) < 4.78 is 0. The van der Waals surface area contributed by atoms with Gasteiger partial charge in [0.15, 0.2) is 0 Å². The number of likely N-dealkylation sites (tertiary alicyclic amines) is 1. The van der Waals surface area contributed by atoms with E-state index in [4.69, 9.17) is 0 Å². The van der Waals surface area contributed by atoms with Gasteiger partial charge < -0.3 is 9.80 Å². The average molecular weight is 345 g/mol. The Labute approximate surface area is 152 Å². The second kappa shape index (κ2) is 8.17. The van der Waals surface area contributed by atoms with Crippen LogP contribution >= 0.6 is 0 Å². The predicted molar refractivity (Wildman–Crippen MR) is 102 cm³/mol. The lowest BCUT2D eigenvalue weighted by atomic mass is 9.95. The van der Waals surface area contributed by atoms with E-state index < -0.39 is 0 Å². The fourth-order valence-corrected chi connectivity index (χ4v) is 4.24. The maximum atomic E-state index is 12.9. The molecule has 138 valence electrons. The van der Waals surface area contributed by atoms with Crippen molar-refractivity contribution < 1.29 is 4.79 Å². The molecule has 0 radical (unpaired) electrons. The first kappa shape index (κ1) is 18.2. The number of nitrogens with zero attached hydrogens (tertiary/aromatic N) is 4. The van der Waals surface area contributed by atoms with Gasteiger partial charge in [-0.25, -0.2) is 4.98 Å². The van der Waals surface area contributed by atoms with Crippen LogP contribution in [0.3, 0.4) is 0 Å². The fourth-order valence-electron chi connectivity index (χ4n) is 4.24. The molecule has 0 saturated carbocycles. The quantitative estimate of drug-likeness (QED) is 0.823. The Morgan fingerprint density at radius 1 is 1.16 bits per heavy atom. The molecule has 3 heterocycles. The standard InChI is InChI=1S/C20H32N4O/c1-4-22(5-2)18-10-13-24(15-18)20(25)17-8-11-23(12-9-17)19-7-6-16(3)14-21-19/h6-7,14,17-18H,4-5,8-13,15H2,1-3H3. The van der Waals surface area contributed by atoms with Crippen molar-refractivity contribution in [3.05, 3.63) is 23.9 Å². The minimum atomic E-state index is 0.192. The van der Waals surface area contributed by atoms with Gasteiger partial charge in [0.25, 0.3) is 0 Å². The smallest absolute Gasteiger partial charge is 0.225 e. The van der Waals surface area contributed by atoms with Gasteiger partial charge in [-0.15, -0.1) is 0 Å². The molecule has 5 nitrogen and oxygen atoms in total. The van der Waals surface area contributed by atoms with Crippen molar-refractivity contribution in [3.63, 3.8) is 0 Å². The topological polar surface area (TPSA) is 39.7 Å². The highest BCUT2D eigenvalue weighted by molar-refractivity contribution is 5.79. The lowest BCUT2D eigenvalue weighted by Crippen LogP contribution is -2.43. The maximum absolute atomic E-state index is 12.9. The molecular formula is C20H32N4O. The molecule has 0 aliphatic carbocycles. The first-order chi connectivity index (χ1) is 12.1. The number of carbonyl (C=O) groups excluding carboxylic acids is 1. The van der Waals surface area contributed by atoms with E-state index in [2.05, 4.69) is 52.6 Å². The van der Waals surface area contributed by atoms with Crippen molar-refractivity contribution in [2.75, 3.05) is 44.2 Å². The highest BCUT2D eigenvalue weighted by Crippen LogP contribution is 2.26.